The Kier molecular flexibility index (Phi) is 5.04. The SMILES string of the molecule is COC(=O)/C(Br)=C\CC(C)(C)CN1C(=O)c2ccccc2C1=O. The van der Waals surface area contributed by atoms with Gasteiger partial charge in [0.2, 0.25) is 0 Å². The molecule has 0 spiro atoms. The molecule has 0 atom stereocenters. The van der Waals surface area contributed by atoms with Crippen LogP contribution in [0.3, 0.4) is 0 Å². The van der Waals surface area contributed by atoms with Crippen LogP contribution < -0.4 is 0 Å². The molecule has 0 aliphatic carbocycles. The number of allylic oxidation sites excluding steroid dienone is 1. The number of amides is 2. The number of esters is 1. The van der Waals surface area contributed by atoms with Crippen LogP contribution in [0.1, 0.15) is 41.0 Å². The van der Waals surface area contributed by atoms with Gasteiger partial charge in [0.25, 0.3) is 11.8 Å². The molecule has 0 saturated heterocycles. The number of carbonyl (C=O) groups is 3. The van der Waals surface area contributed by atoms with E-state index in [1.165, 1.54) is 12.0 Å². The fraction of sp³-hybridized carbons (Fsp3) is 0.353. The Hall–Kier alpha value is -1.95. The van der Waals surface area contributed by atoms with Gasteiger partial charge in [0, 0.05) is 6.54 Å². The first-order chi connectivity index (χ1) is 10.8. The van der Waals surface area contributed by atoms with Gasteiger partial charge in [-0.15, -0.1) is 0 Å². The Morgan fingerprint density at radius 2 is 1.74 bits per heavy atom. The van der Waals surface area contributed by atoms with Crippen molar-refractivity contribution in [1.82, 2.24) is 4.90 Å². The zero-order chi connectivity index (χ0) is 17.2. The molecule has 122 valence electrons. The Morgan fingerprint density at radius 1 is 1.22 bits per heavy atom. The summed E-state index contributed by atoms with van der Waals surface area (Å²) in [4.78, 5) is 37.4. The van der Waals surface area contributed by atoms with E-state index in [1.807, 2.05) is 13.8 Å². The standard InChI is InChI=1S/C17H18BrNO4/c1-17(2,9-8-13(18)16(22)23-3)10-19-14(20)11-6-4-5-7-12(11)15(19)21/h4-8H,9-10H2,1-3H3/b13-8+. The number of ether oxygens (including phenoxy) is 1. The second kappa shape index (κ2) is 6.66. The lowest BCUT2D eigenvalue weighted by atomic mass is 9.88. The predicted molar refractivity (Wildman–Crippen MR) is 89.2 cm³/mol. The average Bonchev–Trinajstić information content (AvgIpc) is 2.77. The molecule has 0 aromatic heterocycles. The van der Waals surface area contributed by atoms with E-state index in [0.717, 1.165) is 0 Å². The highest BCUT2D eigenvalue weighted by Gasteiger charge is 2.37. The van der Waals surface area contributed by atoms with Crippen LogP contribution in [-0.4, -0.2) is 36.3 Å². The number of methoxy groups -OCH3 is 1. The number of benzene rings is 1. The van der Waals surface area contributed by atoms with Crippen LogP contribution in [0.25, 0.3) is 0 Å². The summed E-state index contributed by atoms with van der Waals surface area (Å²) in [6.45, 7) is 4.15. The summed E-state index contributed by atoms with van der Waals surface area (Å²) in [6.07, 6.45) is 2.21. The number of imide groups is 1. The summed E-state index contributed by atoms with van der Waals surface area (Å²) in [5.41, 5.74) is 0.514. The number of carbonyl (C=O) groups excluding carboxylic acids is 3. The van der Waals surface area contributed by atoms with Crippen molar-refractivity contribution in [2.24, 2.45) is 5.41 Å². The van der Waals surface area contributed by atoms with E-state index in [-0.39, 0.29) is 23.8 Å². The normalized spacial score (nSPS) is 15.0. The number of hydrogen-bond donors (Lipinski definition) is 0. The fourth-order valence-electron chi connectivity index (χ4n) is 2.42. The van der Waals surface area contributed by atoms with E-state index in [4.69, 9.17) is 0 Å². The molecule has 0 bridgehead atoms. The zero-order valence-corrected chi connectivity index (χ0v) is 14.8. The van der Waals surface area contributed by atoms with Gasteiger partial charge in [0.15, 0.2) is 0 Å². The third kappa shape index (κ3) is 3.69. The first kappa shape index (κ1) is 17.4. The average molecular weight is 380 g/mol. The largest absolute Gasteiger partial charge is 0.465 e. The molecule has 6 heteroatoms. The van der Waals surface area contributed by atoms with Crippen LogP contribution in [0.15, 0.2) is 34.8 Å². The van der Waals surface area contributed by atoms with E-state index < -0.39 is 5.97 Å². The van der Waals surface area contributed by atoms with Gasteiger partial charge in [0.05, 0.1) is 22.7 Å². The first-order valence-corrected chi connectivity index (χ1v) is 7.95. The summed E-state index contributed by atoms with van der Waals surface area (Å²) in [5, 5.41) is 0. The van der Waals surface area contributed by atoms with Crippen molar-refractivity contribution in [2.75, 3.05) is 13.7 Å². The maximum absolute atomic E-state index is 12.4. The van der Waals surface area contributed by atoms with Crippen molar-refractivity contribution < 1.29 is 19.1 Å². The molecule has 1 aromatic carbocycles. The quantitative estimate of drug-likeness (QED) is 0.447. The van der Waals surface area contributed by atoms with E-state index in [9.17, 15) is 14.4 Å². The van der Waals surface area contributed by atoms with Crippen molar-refractivity contribution in [2.45, 2.75) is 20.3 Å². The van der Waals surface area contributed by atoms with Gasteiger partial charge in [0.1, 0.15) is 0 Å². The van der Waals surface area contributed by atoms with Gasteiger partial charge < -0.3 is 4.74 Å². The van der Waals surface area contributed by atoms with E-state index in [2.05, 4.69) is 20.7 Å². The molecule has 1 aliphatic heterocycles. The summed E-state index contributed by atoms with van der Waals surface area (Å²) in [7, 11) is 1.31. The zero-order valence-electron chi connectivity index (χ0n) is 13.3. The second-order valence-electron chi connectivity index (χ2n) is 6.15. The van der Waals surface area contributed by atoms with Crippen molar-refractivity contribution in [3.8, 4) is 0 Å². The van der Waals surface area contributed by atoms with E-state index >= 15 is 0 Å². The molecule has 1 aliphatic rings. The highest BCUT2D eigenvalue weighted by Crippen LogP contribution is 2.30. The summed E-state index contributed by atoms with van der Waals surface area (Å²) >= 11 is 3.15. The Balaban J connectivity index is 2.11. The predicted octanol–water partition coefficient (Wildman–Crippen LogP) is 3.15. The molecule has 1 aromatic rings. The molecule has 1 heterocycles. The Labute approximate surface area is 143 Å². The molecular formula is C17H18BrNO4. The van der Waals surface area contributed by atoms with Crippen LogP contribution >= 0.6 is 15.9 Å². The number of halogens is 1. The lowest BCUT2D eigenvalue weighted by Gasteiger charge is -2.28. The first-order valence-electron chi connectivity index (χ1n) is 7.16. The smallest absolute Gasteiger partial charge is 0.344 e. The highest BCUT2D eigenvalue weighted by atomic mass is 79.9. The monoisotopic (exact) mass is 379 g/mol. The molecule has 0 N–H and O–H groups in total. The van der Waals surface area contributed by atoms with Gasteiger partial charge >= 0.3 is 5.97 Å². The topological polar surface area (TPSA) is 63.7 Å². The van der Waals surface area contributed by atoms with E-state index in [0.29, 0.717) is 22.0 Å². The molecule has 0 saturated carbocycles. The lowest BCUT2D eigenvalue weighted by molar-refractivity contribution is -0.135. The molecule has 0 unspecified atom stereocenters. The minimum Gasteiger partial charge on any atom is -0.465 e. The van der Waals surface area contributed by atoms with Crippen molar-refractivity contribution in [3.05, 3.63) is 46.0 Å². The third-order valence-corrected chi connectivity index (χ3v) is 4.33. The molecule has 5 nitrogen and oxygen atoms in total. The van der Waals surface area contributed by atoms with Crippen LogP contribution in [-0.2, 0) is 9.53 Å². The number of nitrogens with zero attached hydrogens (tertiary/aromatic N) is 1. The minimum atomic E-state index is -0.457. The molecule has 2 rings (SSSR count). The fourth-order valence-corrected chi connectivity index (χ4v) is 2.75. The molecule has 0 fully saturated rings. The van der Waals surface area contributed by atoms with Gasteiger partial charge in [-0.3, -0.25) is 14.5 Å². The number of rotatable bonds is 5. The lowest BCUT2D eigenvalue weighted by Crippen LogP contribution is -2.38. The summed E-state index contributed by atoms with van der Waals surface area (Å²) in [6, 6.07) is 6.82. The number of hydrogen-bond acceptors (Lipinski definition) is 4. The van der Waals surface area contributed by atoms with Gasteiger partial charge in [-0.05, 0) is 39.9 Å². The second-order valence-corrected chi connectivity index (χ2v) is 7.01. The molecular weight excluding hydrogens is 362 g/mol. The molecule has 23 heavy (non-hydrogen) atoms. The summed E-state index contributed by atoms with van der Waals surface area (Å²) in [5.74, 6) is -0.995. The Morgan fingerprint density at radius 3 is 2.22 bits per heavy atom. The highest BCUT2D eigenvalue weighted by molar-refractivity contribution is 9.12. The maximum Gasteiger partial charge on any atom is 0.344 e. The maximum atomic E-state index is 12.4. The van der Waals surface area contributed by atoms with E-state index in [1.54, 1.807) is 30.3 Å². The van der Waals surface area contributed by atoms with Crippen molar-refractivity contribution in [1.29, 1.82) is 0 Å². The van der Waals surface area contributed by atoms with Crippen molar-refractivity contribution >= 4 is 33.7 Å². The van der Waals surface area contributed by atoms with Gasteiger partial charge in [-0.25, -0.2) is 4.79 Å². The van der Waals surface area contributed by atoms with Crippen LogP contribution in [0.5, 0.6) is 0 Å². The van der Waals surface area contributed by atoms with Gasteiger partial charge in [-0.2, -0.15) is 0 Å². The van der Waals surface area contributed by atoms with Crippen LogP contribution in [0.4, 0.5) is 0 Å². The Bertz CT molecular complexity index is 659. The van der Waals surface area contributed by atoms with Crippen LogP contribution in [0, 0.1) is 5.41 Å². The minimum absolute atomic E-state index is 0.269. The molecule has 0 radical (unpaired) electrons. The van der Waals surface area contributed by atoms with Crippen molar-refractivity contribution in [3.63, 3.8) is 0 Å². The molecule has 2 amide bonds. The number of fused-ring (bicyclic) bond motifs is 1. The van der Waals surface area contributed by atoms with Crippen LogP contribution in [0.2, 0.25) is 0 Å². The summed E-state index contributed by atoms with van der Waals surface area (Å²) < 4.78 is 4.94. The van der Waals surface area contributed by atoms with Gasteiger partial charge in [-0.1, -0.05) is 32.1 Å². The third-order valence-electron chi connectivity index (χ3n) is 3.68.